The van der Waals surface area contributed by atoms with Gasteiger partial charge in [-0.2, -0.15) is 5.10 Å². The number of halogens is 1. The lowest BCUT2D eigenvalue weighted by Crippen LogP contribution is -2.19. The van der Waals surface area contributed by atoms with Gasteiger partial charge in [-0.05, 0) is 42.0 Å². The van der Waals surface area contributed by atoms with E-state index < -0.39 is 5.97 Å². The van der Waals surface area contributed by atoms with Crippen molar-refractivity contribution in [3.63, 3.8) is 0 Å². The summed E-state index contributed by atoms with van der Waals surface area (Å²) in [4.78, 5) is 23.4. The molecule has 1 aromatic heterocycles. The van der Waals surface area contributed by atoms with Crippen molar-refractivity contribution in [3.05, 3.63) is 82.6 Å². The number of carbonyl (C=O) groups is 2. The number of ether oxygens (including phenoxy) is 1. The van der Waals surface area contributed by atoms with Gasteiger partial charge in [0.1, 0.15) is 11.5 Å². The van der Waals surface area contributed by atoms with Crippen molar-refractivity contribution in [2.45, 2.75) is 6.42 Å². The minimum absolute atomic E-state index is 0.199. The van der Waals surface area contributed by atoms with Gasteiger partial charge in [0.15, 0.2) is 0 Å². The van der Waals surface area contributed by atoms with Crippen molar-refractivity contribution < 1.29 is 18.7 Å². The first-order chi connectivity index (χ1) is 13.5. The summed E-state index contributed by atoms with van der Waals surface area (Å²) in [6, 6.07) is 17.4. The third-order valence-electron chi connectivity index (χ3n) is 3.88. The number of esters is 1. The highest BCUT2D eigenvalue weighted by molar-refractivity contribution is 6.30. The zero-order valence-electron chi connectivity index (χ0n) is 15.0. The number of nitrogens with one attached hydrogen (secondary N) is 1. The second-order valence-electron chi connectivity index (χ2n) is 5.87. The molecule has 1 heterocycles. The number of benzene rings is 2. The molecule has 28 heavy (non-hydrogen) atoms. The fourth-order valence-corrected chi connectivity index (χ4v) is 2.59. The fourth-order valence-electron chi connectivity index (χ4n) is 2.46. The molecule has 0 spiro atoms. The Balaban J connectivity index is 1.57. The summed E-state index contributed by atoms with van der Waals surface area (Å²) in [6.07, 6.45) is 1.62. The predicted octanol–water partition coefficient (Wildman–Crippen LogP) is 4.08. The van der Waals surface area contributed by atoms with Gasteiger partial charge >= 0.3 is 5.97 Å². The van der Waals surface area contributed by atoms with Crippen LogP contribution < -0.4 is 5.43 Å². The lowest BCUT2D eigenvalue weighted by Gasteiger charge is -2.01. The van der Waals surface area contributed by atoms with Crippen LogP contribution in [-0.4, -0.2) is 25.2 Å². The van der Waals surface area contributed by atoms with Crippen molar-refractivity contribution >= 4 is 29.7 Å². The molecule has 6 nitrogen and oxygen atoms in total. The van der Waals surface area contributed by atoms with Crippen molar-refractivity contribution in [3.8, 4) is 11.3 Å². The van der Waals surface area contributed by atoms with E-state index in [1.165, 1.54) is 13.3 Å². The summed E-state index contributed by atoms with van der Waals surface area (Å²) in [5.41, 5.74) is 4.56. The van der Waals surface area contributed by atoms with Gasteiger partial charge in [-0.1, -0.05) is 35.9 Å². The van der Waals surface area contributed by atoms with Gasteiger partial charge in [-0.15, -0.1) is 0 Å². The minimum Gasteiger partial charge on any atom is -0.465 e. The van der Waals surface area contributed by atoms with E-state index in [4.69, 9.17) is 16.0 Å². The lowest BCUT2D eigenvalue weighted by molar-refractivity contribution is -0.120. The second-order valence-corrected chi connectivity index (χ2v) is 6.30. The normalized spacial score (nSPS) is 10.8. The van der Waals surface area contributed by atoms with Crippen LogP contribution in [0.1, 0.15) is 21.7 Å². The minimum atomic E-state index is -0.395. The molecular formula is C21H17ClN2O4. The molecule has 7 heteroatoms. The number of hydrogen-bond acceptors (Lipinski definition) is 5. The standard InChI is InChI=1S/C21H17ClN2O4/c1-27-21(26)16-6-4-15(5-7-16)19-11-10-18(28-19)13-23-24-20(25)12-14-2-8-17(22)9-3-14/h2-11,13H,12H2,1H3,(H,24,25)/b23-13-. The Morgan fingerprint density at radius 1 is 1.07 bits per heavy atom. The van der Waals surface area contributed by atoms with Crippen LogP contribution in [0.5, 0.6) is 0 Å². The third-order valence-corrected chi connectivity index (χ3v) is 4.13. The Morgan fingerprint density at radius 3 is 2.46 bits per heavy atom. The second kappa shape index (κ2) is 9.01. The molecule has 2 aromatic carbocycles. The number of hydrazone groups is 1. The fraction of sp³-hybridized carbons (Fsp3) is 0.0952. The lowest BCUT2D eigenvalue weighted by atomic mass is 10.1. The molecule has 1 amide bonds. The van der Waals surface area contributed by atoms with E-state index in [0.717, 1.165) is 11.1 Å². The van der Waals surface area contributed by atoms with E-state index in [0.29, 0.717) is 22.1 Å². The molecule has 0 atom stereocenters. The largest absolute Gasteiger partial charge is 0.465 e. The molecule has 142 valence electrons. The average Bonchev–Trinajstić information content (AvgIpc) is 3.18. The maximum atomic E-state index is 11.9. The molecule has 0 aliphatic rings. The van der Waals surface area contributed by atoms with Gasteiger partial charge in [-0.3, -0.25) is 4.79 Å². The number of methoxy groups -OCH3 is 1. The molecule has 0 saturated carbocycles. The van der Waals surface area contributed by atoms with Crippen molar-refractivity contribution in [2.75, 3.05) is 7.11 Å². The smallest absolute Gasteiger partial charge is 0.337 e. The van der Waals surface area contributed by atoms with Gasteiger partial charge < -0.3 is 9.15 Å². The highest BCUT2D eigenvalue weighted by Crippen LogP contribution is 2.22. The Hall–Kier alpha value is -3.38. The Bertz CT molecular complexity index is 992. The molecule has 0 unspecified atom stereocenters. The number of amides is 1. The molecule has 0 aliphatic heterocycles. The van der Waals surface area contributed by atoms with Crippen LogP contribution in [0, 0.1) is 0 Å². The number of rotatable bonds is 6. The van der Waals surface area contributed by atoms with Gasteiger partial charge in [0.05, 0.1) is 25.3 Å². The Labute approximate surface area is 166 Å². The first-order valence-corrected chi connectivity index (χ1v) is 8.78. The van der Waals surface area contributed by atoms with Crippen molar-refractivity contribution in [2.24, 2.45) is 5.10 Å². The van der Waals surface area contributed by atoms with E-state index in [2.05, 4.69) is 15.3 Å². The topological polar surface area (TPSA) is 80.9 Å². The molecule has 0 bridgehead atoms. The Morgan fingerprint density at radius 2 is 1.79 bits per heavy atom. The molecule has 0 fully saturated rings. The van der Waals surface area contributed by atoms with E-state index in [-0.39, 0.29) is 12.3 Å². The van der Waals surface area contributed by atoms with E-state index in [1.54, 1.807) is 60.7 Å². The predicted molar refractivity (Wildman–Crippen MR) is 106 cm³/mol. The zero-order valence-corrected chi connectivity index (χ0v) is 15.8. The first kappa shape index (κ1) is 19.4. The summed E-state index contributed by atoms with van der Waals surface area (Å²) in [6.45, 7) is 0. The highest BCUT2D eigenvalue weighted by atomic mass is 35.5. The maximum absolute atomic E-state index is 11.9. The third kappa shape index (κ3) is 5.08. The van der Waals surface area contributed by atoms with Crippen LogP contribution in [-0.2, 0) is 16.0 Å². The van der Waals surface area contributed by atoms with Crippen LogP contribution in [0.4, 0.5) is 0 Å². The van der Waals surface area contributed by atoms with Crippen molar-refractivity contribution in [1.29, 1.82) is 0 Å². The van der Waals surface area contributed by atoms with E-state index in [1.807, 2.05) is 0 Å². The van der Waals surface area contributed by atoms with Crippen LogP contribution in [0.3, 0.4) is 0 Å². The van der Waals surface area contributed by atoms with Crippen molar-refractivity contribution in [1.82, 2.24) is 5.43 Å². The van der Waals surface area contributed by atoms with Gasteiger partial charge in [-0.25, -0.2) is 10.2 Å². The van der Waals surface area contributed by atoms with Crippen LogP contribution in [0.25, 0.3) is 11.3 Å². The van der Waals surface area contributed by atoms with E-state index >= 15 is 0 Å². The molecule has 0 aliphatic carbocycles. The highest BCUT2D eigenvalue weighted by Gasteiger charge is 2.08. The maximum Gasteiger partial charge on any atom is 0.337 e. The van der Waals surface area contributed by atoms with Crippen LogP contribution in [0.2, 0.25) is 5.02 Å². The van der Waals surface area contributed by atoms with Crippen LogP contribution >= 0.6 is 11.6 Å². The van der Waals surface area contributed by atoms with Gasteiger partial charge in [0.2, 0.25) is 5.91 Å². The number of furan rings is 1. The van der Waals surface area contributed by atoms with Crippen LogP contribution in [0.15, 0.2) is 70.2 Å². The summed E-state index contributed by atoms with van der Waals surface area (Å²) >= 11 is 5.82. The monoisotopic (exact) mass is 396 g/mol. The quantitative estimate of drug-likeness (QED) is 0.386. The zero-order chi connectivity index (χ0) is 19.9. The average molecular weight is 397 g/mol. The molecule has 3 aromatic rings. The number of nitrogens with zero attached hydrogens (tertiary/aromatic N) is 1. The number of carbonyl (C=O) groups excluding carboxylic acids is 2. The molecule has 0 saturated heterocycles. The summed E-state index contributed by atoms with van der Waals surface area (Å²) < 4.78 is 10.4. The number of hydrogen-bond donors (Lipinski definition) is 1. The van der Waals surface area contributed by atoms with E-state index in [9.17, 15) is 9.59 Å². The summed E-state index contributed by atoms with van der Waals surface area (Å²) in [5, 5.41) is 4.53. The molecular weight excluding hydrogens is 380 g/mol. The summed E-state index contributed by atoms with van der Waals surface area (Å²) in [5.74, 6) is 0.459. The first-order valence-electron chi connectivity index (χ1n) is 8.40. The molecule has 3 rings (SSSR count). The van der Waals surface area contributed by atoms with Gasteiger partial charge in [0, 0.05) is 10.6 Å². The van der Waals surface area contributed by atoms with Gasteiger partial charge in [0.25, 0.3) is 0 Å². The SMILES string of the molecule is COC(=O)c1ccc(-c2ccc(/C=N\NC(=O)Cc3ccc(Cl)cc3)o2)cc1. The Kier molecular flexibility index (Phi) is 6.24. The summed E-state index contributed by atoms with van der Waals surface area (Å²) in [7, 11) is 1.34. The molecule has 0 radical (unpaired) electrons. The molecule has 1 N–H and O–H groups in total.